The topological polar surface area (TPSA) is 21.7 Å². The van der Waals surface area contributed by atoms with Crippen LogP contribution < -0.4 is 0 Å². The molecule has 0 unspecified atom stereocenters. The molecule has 0 amide bonds. The highest BCUT2D eigenvalue weighted by Gasteiger charge is 2.09. The van der Waals surface area contributed by atoms with Gasteiger partial charge in [-0.05, 0) is 13.3 Å². The third-order valence-electron chi connectivity index (χ3n) is 2.01. The molecular weight excluding hydrogens is 185 g/mol. The zero-order chi connectivity index (χ0) is 9.52. The maximum Gasteiger partial charge on any atom is 0.0654 e. The first kappa shape index (κ1) is 11.4. The lowest BCUT2D eigenvalue weighted by molar-refractivity contribution is 0.0249. The Labute approximate surface area is 82.1 Å². The first-order valence-electron chi connectivity index (χ1n) is 4.81. The molecule has 1 rings (SSSR count). The summed E-state index contributed by atoms with van der Waals surface area (Å²) >= 11 is 0. The van der Waals surface area contributed by atoms with Crippen molar-refractivity contribution in [3.8, 4) is 0 Å². The van der Waals surface area contributed by atoms with Gasteiger partial charge in [0, 0.05) is 19.6 Å². The van der Waals surface area contributed by atoms with Gasteiger partial charge in [-0.15, -0.1) is 0 Å². The number of hydrogen-bond donors (Lipinski definition) is 0. The van der Waals surface area contributed by atoms with Crippen LogP contribution in [0.25, 0.3) is 0 Å². The number of morpholine rings is 1. The van der Waals surface area contributed by atoms with Gasteiger partial charge in [0.05, 0.1) is 26.2 Å². The highest BCUT2D eigenvalue weighted by Crippen LogP contribution is 2.23. The minimum atomic E-state index is 0.105. The second-order valence-corrected chi connectivity index (χ2v) is 5.99. The van der Waals surface area contributed by atoms with E-state index < -0.39 is 0 Å². The van der Waals surface area contributed by atoms with Gasteiger partial charge in [0.1, 0.15) is 0 Å². The number of rotatable bonds is 5. The van der Waals surface area contributed by atoms with Crippen molar-refractivity contribution in [1.82, 2.24) is 4.90 Å². The molecule has 0 saturated carbocycles. The Bertz CT molecular complexity index is 127. The summed E-state index contributed by atoms with van der Waals surface area (Å²) in [6.07, 6.45) is 0.944. The first-order valence-corrected chi connectivity index (χ1v) is 7.24. The fraction of sp³-hybridized carbons (Fsp3) is 1.00. The molecule has 0 aromatic heterocycles. The van der Waals surface area contributed by atoms with Gasteiger partial charge in [-0.25, -0.2) is 0 Å². The molecule has 13 heavy (non-hydrogen) atoms. The molecule has 0 aliphatic carbocycles. The van der Waals surface area contributed by atoms with Crippen molar-refractivity contribution in [2.45, 2.75) is 0 Å². The Hall–Kier alpha value is 0.310. The standard InChI is InChI=1S/C9H20NO2P/c1-13(2)9-12-8-5-10-3-6-11-7-4-10/h3-9H2,1-2H3. The smallest absolute Gasteiger partial charge is 0.0654 e. The summed E-state index contributed by atoms with van der Waals surface area (Å²) in [6.45, 7) is 10.3. The predicted octanol–water partition coefficient (Wildman–Crippen LogP) is 1.03. The highest BCUT2D eigenvalue weighted by molar-refractivity contribution is 7.55. The van der Waals surface area contributed by atoms with Crippen LogP contribution in [0.4, 0.5) is 0 Å². The maximum absolute atomic E-state index is 5.54. The van der Waals surface area contributed by atoms with Crippen molar-refractivity contribution < 1.29 is 9.47 Å². The molecule has 1 saturated heterocycles. The molecule has 0 bridgehead atoms. The molecule has 4 heteroatoms. The Kier molecular flexibility index (Phi) is 5.88. The second-order valence-electron chi connectivity index (χ2n) is 3.57. The molecule has 3 nitrogen and oxygen atoms in total. The van der Waals surface area contributed by atoms with Gasteiger partial charge in [0.15, 0.2) is 0 Å². The third kappa shape index (κ3) is 5.58. The summed E-state index contributed by atoms with van der Waals surface area (Å²) in [6, 6.07) is 0. The van der Waals surface area contributed by atoms with Crippen LogP contribution in [0.2, 0.25) is 0 Å². The van der Waals surface area contributed by atoms with E-state index in [1.54, 1.807) is 0 Å². The average molecular weight is 205 g/mol. The number of ether oxygens (including phenoxy) is 2. The van der Waals surface area contributed by atoms with E-state index in [0.29, 0.717) is 0 Å². The Morgan fingerprint density at radius 2 is 2.00 bits per heavy atom. The SMILES string of the molecule is CP(C)COCCN1CCOCC1. The Morgan fingerprint density at radius 1 is 1.31 bits per heavy atom. The molecule has 0 radical (unpaired) electrons. The largest absolute Gasteiger partial charge is 0.379 e. The summed E-state index contributed by atoms with van der Waals surface area (Å²) in [5.74, 6) is 0. The van der Waals surface area contributed by atoms with Crippen LogP contribution in [0, 0.1) is 0 Å². The minimum Gasteiger partial charge on any atom is -0.379 e. The molecule has 0 spiro atoms. The summed E-state index contributed by atoms with van der Waals surface area (Å²) in [4.78, 5) is 2.40. The van der Waals surface area contributed by atoms with E-state index in [1.165, 1.54) is 0 Å². The quantitative estimate of drug-likeness (QED) is 0.494. The maximum atomic E-state index is 5.54. The molecule has 0 aromatic carbocycles. The van der Waals surface area contributed by atoms with E-state index in [4.69, 9.17) is 9.47 Å². The molecular formula is C9H20NO2P. The second kappa shape index (κ2) is 6.72. The molecule has 0 N–H and O–H groups in total. The summed E-state index contributed by atoms with van der Waals surface area (Å²) in [7, 11) is 0.105. The van der Waals surface area contributed by atoms with Crippen LogP contribution in [0.1, 0.15) is 0 Å². The summed E-state index contributed by atoms with van der Waals surface area (Å²) < 4.78 is 10.8. The Morgan fingerprint density at radius 3 is 2.62 bits per heavy atom. The van der Waals surface area contributed by atoms with Crippen molar-refractivity contribution in [2.24, 2.45) is 0 Å². The summed E-state index contributed by atoms with van der Waals surface area (Å²) in [5.41, 5.74) is 0. The van der Waals surface area contributed by atoms with Crippen LogP contribution >= 0.6 is 7.92 Å². The normalized spacial score (nSPS) is 19.6. The molecule has 78 valence electrons. The minimum absolute atomic E-state index is 0.105. The van der Waals surface area contributed by atoms with Crippen LogP contribution in [-0.2, 0) is 9.47 Å². The van der Waals surface area contributed by atoms with Crippen LogP contribution in [0.3, 0.4) is 0 Å². The lowest BCUT2D eigenvalue weighted by atomic mass is 10.4. The van der Waals surface area contributed by atoms with Gasteiger partial charge in [0.25, 0.3) is 0 Å². The van der Waals surface area contributed by atoms with Crippen molar-refractivity contribution in [2.75, 3.05) is 59.1 Å². The third-order valence-corrected chi connectivity index (χ3v) is 2.70. The van der Waals surface area contributed by atoms with Gasteiger partial charge in [-0.1, -0.05) is 7.92 Å². The lowest BCUT2D eigenvalue weighted by Crippen LogP contribution is -2.38. The highest BCUT2D eigenvalue weighted by atomic mass is 31.1. The fourth-order valence-electron chi connectivity index (χ4n) is 1.27. The Balaban J connectivity index is 1.92. The first-order chi connectivity index (χ1) is 6.29. The van der Waals surface area contributed by atoms with E-state index in [9.17, 15) is 0 Å². The van der Waals surface area contributed by atoms with Crippen molar-refractivity contribution in [3.63, 3.8) is 0 Å². The van der Waals surface area contributed by atoms with Crippen LogP contribution in [0.15, 0.2) is 0 Å². The van der Waals surface area contributed by atoms with Crippen LogP contribution in [0.5, 0.6) is 0 Å². The number of hydrogen-bond acceptors (Lipinski definition) is 3. The monoisotopic (exact) mass is 205 g/mol. The van der Waals surface area contributed by atoms with Gasteiger partial charge in [-0.2, -0.15) is 0 Å². The lowest BCUT2D eigenvalue weighted by Gasteiger charge is -2.26. The zero-order valence-corrected chi connectivity index (χ0v) is 9.56. The number of nitrogens with zero attached hydrogens (tertiary/aromatic N) is 1. The van der Waals surface area contributed by atoms with Crippen molar-refractivity contribution in [1.29, 1.82) is 0 Å². The summed E-state index contributed by atoms with van der Waals surface area (Å²) in [5, 5.41) is 0. The van der Waals surface area contributed by atoms with E-state index in [-0.39, 0.29) is 7.92 Å². The molecule has 1 aliphatic heterocycles. The van der Waals surface area contributed by atoms with Crippen LogP contribution in [-0.4, -0.2) is 64.0 Å². The van der Waals surface area contributed by atoms with Crippen molar-refractivity contribution >= 4 is 7.92 Å². The van der Waals surface area contributed by atoms with E-state index in [2.05, 4.69) is 18.2 Å². The molecule has 0 atom stereocenters. The van der Waals surface area contributed by atoms with E-state index in [0.717, 1.165) is 45.8 Å². The molecule has 1 fully saturated rings. The van der Waals surface area contributed by atoms with E-state index in [1.807, 2.05) is 0 Å². The van der Waals surface area contributed by atoms with Gasteiger partial charge in [0.2, 0.25) is 0 Å². The predicted molar refractivity (Wildman–Crippen MR) is 56.8 cm³/mol. The molecule has 0 aromatic rings. The van der Waals surface area contributed by atoms with Crippen molar-refractivity contribution in [3.05, 3.63) is 0 Å². The van der Waals surface area contributed by atoms with Gasteiger partial charge < -0.3 is 9.47 Å². The fourth-order valence-corrected chi connectivity index (χ4v) is 1.76. The average Bonchev–Trinajstić information content (AvgIpc) is 2.14. The molecule has 1 heterocycles. The van der Waals surface area contributed by atoms with E-state index >= 15 is 0 Å². The van der Waals surface area contributed by atoms with Gasteiger partial charge in [-0.3, -0.25) is 4.90 Å². The zero-order valence-electron chi connectivity index (χ0n) is 8.66. The molecule has 1 aliphatic rings. The van der Waals surface area contributed by atoms with Gasteiger partial charge >= 0.3 is 0 Å².